The van der Waals surface area contributed by atoms with Gasteiger partial charge in [0.05, 0.1) is 18.6 Å². The fourth-order valence-corrected chi connectivity index (χ4v) is 5.90. The van der Waals surface area contributed by atoms with Crippen LogP contribution in [0.15, 0.2) is 72.8 Å². The molecule has 0 bridgehead atoms. The Hall–Kier alpha value is -4.33. The molecule has 2 aliphatic heterocycles. The van der Waals surface area contributed by atoms with Gasteiger partial charge >= 0.3 is 0 Å². The maximum Gasteiger partial charge on any atom is 0.256 e. The van der Waals surface area contributed by atoms with Gasteiger partial charge in [0, 0.05) is 56.2 Å². The normalized spacial score (nSPS) is 16.1. The topological polar surface area (TPSA) is 82.2 Å². The first kappa shape index (κ1) is 29.2. The molecule has 8 nitrogen and oxygen atoms in total. The monoisotopic (exact) mass is 568 g/mol. The average molecular weight is 569 g/mol. The predicted octanol–water partition coefficient (Wildman–Crippen LogP) is 5.42. The van der Waals surface area contributed by atoms with E-state index in [9.17, 15) is 14.4 Å². The van der Waals surface area contributed by atoms with Gasteiger partial charge in [0.15, 0.2) is 0 Å². The molecule has 3 amide bonds. The number of anilines is 2. The van der Waals surface area contributed by atoms with E-state index in [-0.39, 0.29) is 23.6 Å². The van der Waals surface area contributed by atoms with Gasteiger partial charge in [0.25, 0.3) is 11.8 Å². The molecule has 2 saturated heterocycles. The minimum atomic E-state index is -0.252. The van der Waals surface area contributed by atoms with Crippen molar-refractivity contribution in [1.29, 1.82) is 0 Å². The third-order valence-electron chi connectivity index (χ3n) is 8.32. The highest BCUT2D eigenvalue weighted by atomic mass is 16.5. The lowest BCUT2D eigenvalue weighted by atomic mass is 9.94. The Morgan fingerprint density at radius 2 is 1.50 bits per heavy atom. The summed E-state index contributed by atoms with van der Waals surface area (Å²) in [6.07, 6.45) is 3.87. The Labute approximate surface area is 248 Å². The SMILES string of the molecule is CCC(C(=O)N1CCN(c2ccc(NC(=O)c3ccc(OC)cc3)cc2C(=O)N2CCCCC2)CC1)c1ccccc1. The summed E-state index contributed by atoms with van der Waals surface area (Å²) >= 11 is 0. The molecule has 0 spiro atoms. The first-order valence-electron chi connectivity index (χ1n) is 15.0. The summed E-state index contributed by atoms with van der Waals surface area (Å²) in [4.78, 5) is 46.3. The quantitative estimate of drug-likeness (QED) is 0.393. The van der Waals surface area contributed by atoms with Crippen molar-refractivity contribution < 1.29 is 19.1 Å². The van der Waals surface area contributed by atoms with Crippen LogP contribution in [0, 0.1) is 0 Å². The fraction of sp³-hybridized carbons (Fsp3) is 0.382. The Morgan fingerprint density at radius 3 is 2.14 bits per heavy atom. The van der Waals surface area contributed by atoms with Gasteiger partial charge < -0.3 is 24.8 Å². The number of hydrogen-bond donors (Lipinski definition) is 1. The van der Waals surface area contributed by atoms with Crippen molar-refractivity contribution in [3.05, 3.63) is 89.5 Å². The summed E-state index contributed by atoms with van der Waals surface area (Å²) in [6, 6.07) is 22.5. The molecule has 3 aromatic carbocycles. The van der Waals surface area contributed by atoms with E-state index in [1.165, 1.54) is 0 Å². The van der Waals surface area contributed by atoms with Gasteiger partial charge in [-0.25, -0.2) is 0 Å². The van der Waals surface area contributed by atoms with E-state index < -0.39 is 0 Å². The van der Waals surface area contributed by atoms with Gasteiger partial charge in [-0.3, -0.25) is 14.4 Å². The van der Waals surface area contributed by atoms with Gasteiger partial charge in [0.2, 0.25) is 5.91 Å². The van der Waals surface area contributed by atoms with Crippen LogP contribution >= 0.6 is 0 Å². The van der Waals surface area contributed by atoms with Crippen LogP contribution in [0.5, 0.6) is 5.75 Å². The number of amides is 3. The number of carbonyl (C=O) groups is 3. The Morgan fingerprint density at radius 1 is 0.810 bits per heavy atom. The first-order chi connectivity index (χ1) is 20.5. The van der Waals surface area contributed by atoms with E-state index in [1.807, 2.05) is 52.3 Å². The van der Waals surface area contributed by atoms with E-state index in [0.717, 1.165) is 50.0 Å². The van der Waals surface area contributed by atoms with Crippen molar-refractivity contribution >= 4 is 29.1 Å². The molecule has 2 fully saturated rings. The molecule has 5 rings (SSSR count). The third kappa shape index (κ3) is 6.59. The number of ether oxygens (including phenoxy) is 1. The molecular formula is C34H40N4O4. The lowest BCUT2D eigenvalue weighted by Crippen LogP contribution is -2.50. The van der Waals surface area contributed by atoms with Crippen LogP contribution in [0.2, 0.25) is 0 Å². The molecule has 220 valence electrons. The number of nitrogens with zero attached hydrogens (tertiary/aromatic N) is 3. The van der Waals surface area contributed by atoms with Gasteiger partial charge in [0.1, 0.15) is 5.75 Å². The van der Waals surface area contributed by atoms with Crippen LogP contribution < -0.4 is 15.0 Å². The molecule has 0 saturated carbocycles. The van der Waals surface area contributed by atoms with Crippen molar-refractivity contribution in [3.63, 3.8) is 0 Å². The number of piperazine rings is 1. The first-order valence-corrected chi connectivity index (χ1v) is 15.0. The van der Waals surface area contributed by atoms with Crippen LogP contribution in [-0.2, 0) is 4.79 Å². The summed E-state index contributed by atoms with van der Waals surface area (Å²) < 4.78 is 5.19. The molecule has 0 aliphatic carbocycles. The molecule has 0 aromatic heterocycles. The number of likely N-dealkylation sites (tertiary alicyclic amines) is 1. The van der Waals surface area contributed by atoms with Crippen molar-refractivity contribution in [2.75, 3.05) is 56.6 Å². The zero-order valence-corrected chi connectivity index (χ0v) is 24.6. The zero-order valence-electron chi connectivity index (χ0n) is 24.6. The van der Waals surface area contributed by atoms with Crippen LogP contribution in [0.25, 0.3) is 0 Å². The van der Waals surface area contributed by atoms with Gasteiger partial charge in [-0.15, -0.1) is 0 Å². The summed E-state index contributed by atoms with van der Waals surface area (Å²) in [6.45, 7) is 5.98. The molecule has 1 unspecified atom stereocenters. The Balaban J connectivity index is 1.33. The zero-order chi connectivity index (χ0) is 29.5. The minimum absolute atomic E-state index is 0.0149. The minimum Gasteiger partial charge on any atom is -0.497 e. The van der Waals surface area contributed by atoms with Crippen LogP contribution in [0.3, 0.4) is 0 Å². The smallest absolute Gasteiger partial charge is 0.256 e. The molecule has 2 heterocycles. The van der Waals surface area contributed by atoms with E-state index in [1.54, 1.807) is 37.4 Å². The second kappa shape index (κ2) is 13.6. The standard InChI is InChI=1S/C34H40N4O4/c1-3-29(25-10-6-4-7-11-25)33(40)38-22-20-36(21-23-38)31-17-14-27(24-30(31)34(41)37-18-8-5-9-19-37)35-32(39)26-12-15-28(42-2)16-13-26/h4,6-7,10-17,24,29H,3,5,8-9,18-23H2,1-2H3,(H,35,39). The number of rotatable bonds is 8. The molecular weight excluding hydrogens is 528 g/mol. The second-order valence-corrected chi connectivity index (χ2v) is 11.0. The summed E-state index contributed by atoms with van der Waals surface area (Å²) in [5, 5.41) is 2.96. The number of piperidine rings is 1. The summed E-state index contributed by atoms with van der Waals surface area (Å²) in [7, 11) is 1.59. The molecule has 3 aromatic rings. The lowest BCUT2D eigenvalue weighted by molar-refractivity contribution is -0.133. The van der Waals surface area contributed by atoms with E-state index in [4.69, 9.17) is 4.74 Å². The van der Waals surface area contributed by atoms with Gasteiger partial charge in [-0.2, -0.15) is 0 Å². The van der Waals surface area contributed by atoms with Crippen LogP contribution in [0.1, 0.15) is 64.8 Å². The van der Waals surface area contributed by atoms with Crippen LogP contribution in [0.4, 0.5) is 11.4 Å². The van der Waals surface area contributed by atoms with Gasteiger partial charge in [-0.1, -0.05) is 37.3 Å². The van der Waals surface area contributed by atoms with Gasteiger partial charge in [-0.05, 0) is 73.7 Å². The number of carbonyl (C=O) groups excluding carboxylic acids is 3. The van der Waals surface area contributed by atoms with E-state index in [2.05, 4.69) is 17.1 Å². The maximum absolute atomic E-state index is 13.8. The van der Waals surface area contributed by atoms with E-state index >= 15 is 0 Å². The number of methoxy groups -OCH3 is 1. The van der Waals surface area contributed by atoms with Crippen LogP contribution in [-0.4, -0.2) is 73.9 Å². The maximum atomic E-state index is 13.8. The molecule has 1 atom stereocenters. The lowest BCUT2D eigenvalue weighted by Gasteiger charge is -2.38. The Bertz CT molecular complexity index is 1380. The van der Waals surface area contributed by atoms with E-state index in [0.29, 0.717) is 48.7 Å². The number of hydrogen-bond acceptors (Lipinski definition) is 5. The van der Waals surface area contributed by atoms with Crippen molar-refractivity contribution in [2.45, 2.75) is 38.5 Å². The summed E-state index contributed by atoms with van der Waals surface area (Å²) in [5.41, 5.74) is 3.55. The highest BCUT2D eigenvalue weighted by Crippen LogP contribution is 2.30. The predicted molar refractivity (Wildman–Crippen MR) is 165 cm³/mol. The molecule has 0 radical (unpaired) electrons. The Kier molecular flexibility index (Phi) is 9.41. The van der Waals surface area contributed by atoms with Crippen molar-refractivity contribution in [3.8, 4) is 5.75 Å². The van der Waals surface area contributed by atoms with Crippen molar-refractivity contribution in [2.24, 2.45) is 0 Å². The highest BCUT2D eigenvalue weighted by Gasteiger charge is 2.30. The molecule has 1 N–H and O–H groups in total. The second-order valence-electron chi connectivity index (χ2n) is 11.0. The molecule has 8 heteroatoms. The van der Waals surface area contributed by atoms with Crippen molar-refractivity contribution in [1.82, 2.24) is 9.80 Å². The molecule has 2 aliphatic rings. The number of nitrogens with one attached hydrogen (secondary N) is 1. The average Bonchev–Trinajstić information content (AvgIpc) is 3.05. The summed E-state index contributed by atoms with van der Waals surface area (Å²) in [5.74, 6) is 0.418. The highest BCUT2D eigenvalue weighted by molar-refractivity contribution is 6.06. The third-order valence-corrected chi connectivity index (χ3v) is 8.32. The molecule has 42 heavy (non-hydrogen) atoms. The largest absolute Gasteiger partial charge is 0.497 e. The number of benzene rings is 3. The fourth-order valence-electron chi connectivity index (χ4n) is 5.90.